The number of rotatable bonds is 3. The van der Waals surface area contributed by atoms with Crippen molar-refractivity contribution in [2.45, 2.75) is 6.92 Å². The molecule has 2 nitrogen and oxygen atoms in total. The molecule has 3 aromatic rings. The summed E-state index contributed by atoms with van der Waals surface area (Å²) in [7, 11) is 0. The first kappa shape index (κ1) is 15.1. The number of halogens is 1. The van der Waals surface area contributed by atoms with Gasteiger partial charge in [-0.1, -0.05) is 48.0 Å². The monoisotopic (exact) mass is 318 g/mol. The van der Waals surface area contributed by atoms with Crippen LogP contribution in [0.15, 0.2) is 66.9 Å². The molecule has 1 heterocycles. The predicted octanol–water partition coefficient (Wildman–Crippen LogP) is 5.50. The Bertz CT molecular complexity index is 899. The summed E-state index contributed by atoms with van der Waals surface area (Å²) >= 11 is 6.23. The molecular weight excluding hydrogens is 304 g/mol. The molecular formula is C20H15ClN2. The highest BCUT2D eigenvalue weighted by atomic mass is 35.5. The molecule has 0 saturated carbocycles. The van der Waals surface area contributed by atoms with E-state index in [9.17, 15) is 5.26 Å². The summed E-state index contributed by atoms with van der Waals surface area (Å²) in [6, 6.07) is 21.8. The van der Waals surface area contributed by atoms with Crippen LogP contribution < -0.4 is 0 Å². The van der Waals surface area contributed by atoms with E-state index >= 15 is 0 Å². The van der Waals surface area contributed by atoms with Crippen molar-refractivity contribution in [1.82, 2.24) is 4.57 Å². The molecule has 0 fully saturated rings. The fourth-order valence-electron chi connectivity index (χ4n) is 2.42. The van der Waals surface area contributed by atoms with Gasteiger partial charge in [-0.05, 0) is 48.4 Å². The highest BCUT2D eigenvalue weighted by Gasteiger charge is 2.06. The minimum absolute atomic E-state index is 0.628. The van der Waals surface area contributed by atoms with Crippen LogP contribution in [0.5, 0.6) is 0 Å². The first-order valence-electron chi connectivity index (χ1n) is 7.30. The molecule has 3 heteroatoms. The van der Waals surface area contributed by atoms with Crippen LogP contribution in [0.3, 0.4) is 0 Å². The Morgan fingerprint density at radius 2 is 1.87 bits per heavy atom. The van der Waals surface area contributed by atoms with Gasteiger partial charge in [0.2, 0.25) is 0 Å². The topological polar surface area (TPSA) is 28.7 Å². The Hall–Kier alpha value is -2.76. The summed E-state index contributed by atoms with van der Waals surface area (Å²) in [5.41, 5.74) is 4.49. The van der Waals surface area contributed by atoms with E-state index in [1.807, 2.05) is 84.4 Å². The van der Waals surface area contributed by atoms with Crippen molar-refractivity contribution in [2.75, 3.05) is 0 Å². The third-order valence-corrected chi connectivity index (χ3v) is 4.12. The second kappa shape index (κ2) is 6.56. The molecule has 0 aliphatic heterocycles. The predicted molar refractivity (Wildman–Crippen MR) is 95.4 cm³/mol. The van der Waals surface area contributed by atoms with Gasteiger partial charge >= 0.3 is 0 Å². The van der Waals surface area contributed by atoms with E-state index in [-0.39, 0.29) is 0 Å². The zero-order valence-electron chi connectivity index (χ0n) is 12.7. The van der Waals surface area contributed by atoms with Crippen LogP contribution in [0.4, 0.5) is 0 Å². The molecule has 1 aromatic heterocycles. The summed E-state index contributed by atoms with van der Waals surface area (Å²) in [6.07, 6.45) is 3.86. The zero-order chi connectivity index (χ0) is 16.2. The number of aryl methyl sites for hydroxylation is 1. The van der Waals surface area contributed by atoms with Crippen molar-refractivity contribution in [3.8, 4) is 11.8 Å². The van der Waals surface area contributed by atoms with Gasteiger partial charge in [0.15, 0.2) is 0 Å². The average molecular weight is 319 g/mol. The van der Waals surface area contributed by atoms with Crippen molar-refractivity contribution in [3.63, 3.8) is 0 Å². The molecule has 0 atom stereocenters. The maximum absolute atomic E-state index is 9.47. The van der Waals surface area contributed by atoms with Crippen molar-refractivity contribution >= 4 is 23.3 Å². The Kier molecular flexibility index (Phi) is 4.32. The number of benzene rings is 2. The fourth-order valence-corrected chi connectivity index (χ4v) is 2.60. The van der Waals surface area contributed by atoms with Crippen LogP contribution in [-0.4, -0.2) is 4.57 Å². The summed E-state index contributed by atoms with van der Waals surface area (Å²) in [4.78, 5) is 0. The summed E-state index contributed by atoms with van der Waals surface area (Å²) in [6.45, 7) is 1.98. The van der Waals surface area contributed by atoms with E-state index in [2.05, 4.69) is 6.07 Å². The van der Waals surface area contributed by atoms with Gasteiger partial charge in [0.1, 0.15) is 0 Å². The number of nitriles is 1. The van der Waals surface area contributed by atoms with Crippen LogP contribution in [0.2, 0.25) is 5.02 Å². The molecule has 0 aliphatic carbocycles. The third-order valence-electron chi connectivity index (χ3n) is 3.71. The Balaban J connectivity index is 2.06. The fraction of sp³-hybridized carbons (Fsp3) is 0.0500. The highest BCUT2D eigenvalue weighted by Crippen LogP contribution is 2.23. The minimum Gasteiger partial charge on any atom is -0.317 e. The lowest BCUT2D eigenvalue weighted by molar-refractivity contribution is 1.06. The van der Waals surface area contributed by atoms with E-state index in [0.29, 0.717) is 5.57 Å². The first-order chi connectivity index (χ1) is 11.2. The van der Waals surface area contributed by atoms with Gasteiger partial charge < -0.3 is 4.57 Å². The van der Waals surface area contributed by atoms with Gasteiger partial charge in [0.25, 0.3) is 0 Å². The molecule has 2 aromatic carbocycles. The molecule has 3 rings (SSSR count). The maximum atomic E-state index is 9.47. The molecule has 23 heavy (non-hydrogen) atoms. The van der Waals surface area contributed by atoms with Crippen molar-refractivity contribution < 1.29 is 0 Å². The SMILES string of the molecule is Cc1ccc(-n2cccc2/C=C(\C#N)c2ccccc2)cc1Cl. The van der Waals surface area contributed by atoms with E-state index in [1.54, 1.807) is 0 Å². The van der Waals surface area contributed by atoms with Gasteiger partial charge in [-0.25, -0.2) is 0 Å². The third kappa shape index (κ3) is 3.21. The lowest BCUT2D eigenvalue weighted by atomic mass is 10.1. The van der Waals surface area contributed by atoms with Gasteiger partial charge in [-0.2, -0.15) is 5.26 Å². The lowest BCUT2D eigenvalue weighted by Gasteiger charge is -2.09. The van der Waals surface area contributed by atoms with E-state index < -0.39 is 0 Å². The Labute approximate surface area is 140 Å². The molecule has 0 spiro atoms. The molecule has 0 bridgehead atoms. The number of allylic oxidation sites excluding steroid dienone is 1. The second-order valence-electron chi connectivity index (χ2n) is 5.27. The largest absolute Gasteiger partial charge is 0.317 e. The number of hydrogen-bond donors (Lipinski definition) is 0. The van der Waals surface area contributed by atoms with Crippen LogP contribution in [0.25, 0.3) is 17.3 Å². The average Bonchev–Trinajstić information content (AvgIpc) is 3.04. The van der Waals surface area contributed by atoms with Crippen molar-refractivity contribution in [1.29, 1.82) is 5.26 Å². The van der Waals surface area contributed by atoms with Crippen molar-refractivity contribution in [3.05, 3.63) is 88.7 Å². The van der Waals surface area contributed by atoms with Crippen LogP contribution in [0, 0.1) is 18.3 Å². The molecule has 0 aliphatic rings. The maximum Gasteiger partial charge on any atom is 0.0998 e. The number of nitrogens with zero attached hydrogens (tertiary/aromatic N) is 2. The lowest BCUT2D eigenvalue weighted by Crippen LogP contribution is -1.95. The Morgan fingerprint density at radius 3 is 2.57 bits per heavy atom. The van der Waals surface area contributed by atoms with Crippen molar-refractivity contribution in [2.24, 2.45) is 0 Å². The second-order valence-corrected chi connectivity index (χ2v) is 5.68. The van der Waals surface area contributed by atoms with Crippen LogP contribution >= 0.6 is 11.6 Å². The summed E-state index contributed by atoms with van der Waals surface area (Å²) in [5, 5.41) is 10.2. The normalized spacial score (nSPS) is 11.3. The van der Waals surface area contributed by atoms with E-state index in [4.69, 9.17) is 11.6 Å². The van der Waals surface area contributed by atoms with Gasteiger partial charge in [-0.15, -0.1) is 0 Å². The minimum atomic E-state index is 0.628. The number of aromatic nitrogens is 1. The zero-order valence-corrected chi connectivity index (χ0v) is 13.5. The first-order valence-corrected chi connectivity index (χ1v) is 7.68. The highest BCUT2D eigenvalue weighted by molar-refractivity contribution is 6.31. The molecule has 112 valence electrons. The standard InChI is InChI=1S/C20H15ClN2/c1-15-9-10-19(13-20(15)21)23-11-5-8-18(23)12-17(14-22)16-6-3-2-4-7-16/h2-13H,1H3/b17-12+. The Morgan fingerprint density at radius 1 is 1.09 bits per heavy atom. The van der Waals surface area contributed by atoms with Crippen LogP contribution in [0.1, 0.15) is 16.8 Å². The number of hydrogen-bond acceptors (Lipinski definition) is 1. The van der Waals surface area contributed by atoms with Gasteiger partial charge in [-0.3, -0.25) is 0 Å². The van der Waals surface area contributed by atoms with E-state index in [1.165, 1.54) is 0 Å². The summed E-state index contributed by atoms with van der Waals surface area (Å²) < 4.78 is 2.02. The summed E-state index contributed by atoms with van der Waals surface area (Å²) in [5.74, 6) is 0. The van der Waals surface area contributed by atoms with E-state index in [0.717, 1.165) is 27.5 Å². The molecule has 0 saturated heterocycles. The van der Waals surface area contributed by atoms with Crippen LogP contribution in [-0.2, 0) is 0 Å². The van der Waals surface area contributed by atoms with Gasteiger partial charge in [0, 0.05) is 22.6 Å². The molecule has 0 amide bonds. The van der Waals surface area contributed by atoms with Gasteiger partial charge in [0.05, 0.1) is 11.6 Å². The quantitative estimate of drug-likeness (QED) is 0.586. The smallest absolute Gasteiger partial charge is 0.0998 e. The molecule has 0 unspecified atom stereocenters. The molecule has 0 N–H and O–H groups in total. The molecule has 0 radical (unpaired) electrons.